The van der Waals surface area contributed by atoms with Gasteiger partial charge in [-0.25, -0.2) is 4.98 Å². The molecule has 10 heteroatoms. The molecule has 1 aliphatic heterocycles. The predicted octanol–water partition coefficient (Wildman–Crippen LogP) is 6.93. The van der Waals surface area contributed by atoms with Crippen LogP contribution in [0.2, 0.25) is 0 Å². The molecule has 1 fully saturated rings. The number of morpholine rings is 1. The van der Waals surface area contributed by atoms with Crippen molar-refractivity contribution >= 4 is 71.0 Å². The van der Waals surface area contributed by atoms with Crippen molar-refractivity contribution in [3.63, 3.8) is 0 Å². The Morgan fingerprint density at radius 1 is 1.07 bits per heavy atom. The number of anilines is 1. The van der Waals surface area contributed by atoms with Crippen LogP contribution in [0.25, 0.3) is 20.2 Å². The van der Waals surface area contributed by atoms with Gasteiger partial charge in [0.15, 0.2) is 10.9 Å². The van der Waals surface area contributed by atoms with Gasteiger partial charge in [-0.1, -0.05) is 61.6 Å². The van der Waals surface area contributed by atoms with Crippen molar-refractivity contribution in [2.75, 3.05) is 24.6 Å². The topological polar surface area (TPSA) is 83.6 Å². The molecule has 0 radical (unpaired) electrons. The van der Waals surface area contributed by atoms with E-state index in [1.54, 1.807) is 22.7 Å². The van der Waals surface area contributed by atoms with E-state index in [2.05, 4.69) is 76.5 Å². The second kappa shape index (κ2) is 11.7. The molecule has 7 nitrogen and oxygen atoms in total. The summed E-state index contributed by atoms with van der Waals surface area (Å²) in [5.74, 6) is 0.124. The van der Waals surface area contributed by atoms with Gasteiger partial charge in [0.1, 0.15) is 6.17 Å². The van der Waals surface area contributed by atoms with Gasteiger partial charge in [0.25, 0.3) is 0 Å². The Morgan fingerprint density at radius 2 is 1.81 bits per heavy atom. The molecule has 0 saturated carbocycles. The number of thiazole rings is 1. The summed E-state index contributed by atoms with van der Waals surface area (Å²) in [7, 11) is 0. The van der Waals surface area contributed by atoms with Crippen LogP contribution in [0.1, 0.15) is 59.3 Å². The summed E-state index contributed by atoms with van der Waals surface area (Å²) in [5, 5.41) is 14.5. The number of carbonyl (C=O) groups excluding carboxylic acids is 2. The average molecular weight is 631 g/mol. The van der Waals surface area contributed by atoms with E-state index in [1.807, 2.05) is 12.1 Å². The zero-order chi connectivity index (χ0) is 29.6. The van der Waals surface area contributed by atoms with Crippen molar-refractivity contribution in [3.8, 4) is 0 Å². The summed E-state index contributed by atoms with van der Waals surface area (Å²) in [4.78, 5) is 34.1. The van der Waals surface area contributed by atoms with E-state index >= 15 is 0 Å². The summed E-state index contributed by atoms with van der Waals surface area (Å²) in [5.41, 5.74) is 3.15. The number of ether oxygens (including phenoxy) is 1. The van der Waals surface area contributed by atoms with E-state index in [0.29, 0.717) is 32.7 Å². The van der Waals surface area contributed by atoms with E-state index in [9.17, 15) is 9.59 Å². The average Bonchev–Trinajstić information content (AvgIpc) is 3.72. The van der Waals surface area contributed by atoms with Crippen molar-refractivity contribution in [2.45, 2.75) is 51.9 Å². The van der Waals surface area contributed by atoms with Gasteiger partial charge in [0, 0.05) is 41.0 Å². The molecule has 2 aromatic carbocycles. The van der Waals surface area contributed by atoms with Gasteiger partial charge in [-0.05, 0) is 51.1 Å². The molecule has 2 N–H and O–H groups in total. The Hall–Kier alpha value is -3.15. The predicted molar refractivity (Wildman–Crippen MR) is 176 cm³/mol. The monoisotopic (exact) mass is 630 g/mol. The molecule has 43 heavy (non-hydrogen) atoms. The molecular formula is C33H34N4O3S3. The summed E-state index contributed by atoms with van der Waals surface area (Å²) >= 11 is 4.92. The van der Waals surface area contributed by atoms with Crippen LogP contribution >= 0.6 is 34.0 Å². The number of aromatic nitrogens is 1. The lowest BCUT2D eigenvalue weighted by atomic mass is 9.78. The molecule has 1 saturated heterocycles. The number of hydrogen-bond acceptors (Lipinski definition) is 9. The maximum atomic E-state index is 13.5. The van der Waals surface area contributed by atoms with Crippen LogP contribution in [0, 0.1) is 5.41 Å². The number of Topliss-reactive ketones (excluding diaryl/α,β-unsaturated/α-hetero) is 1. The highest BCUT2D eigenvalue weighted by Crippen LogP contribution is 2.39. The number of amides is 1. The normalized spacial score (nSPS) is 19.1. The minimum atomic E-state index is -0.345. The molecule has 1 aliphatic carbocycles. The quantitative estimate of drug-likeness (QED) is 0.181. The maximum absolute atomic E-state index is 13.5. The van der Waals surface area contributed by atoms with Crippen molar-refractivity contribution in [1.82, 2.24) is 15.6 Å². The molecule has 3 aromatic heterocycles. The first-order chi connectivity index (χ1) is 20.8. The number of carbonyl (C=O) groups is 2. The van der Waals surface area contributed by atoms with Crippen LogP contribution in [0.3, 0.4) is 0 Å². The van der Waals surface area contributed by atoms with Gasteiger partial charge in [-0.2, -0.15) is 0 Å². The molecule has 7 rings (SSSR count). The lowest BCUT2D eigenvalue weighted by Gasteiger charge is -2.32. The highest BCUT2D eigenvalue weighted by atomic mass is 32.1. The Morgan fingerprint density at radius 3 is 2.65 bits per heavy atom. The van der Waals surface area contributed by atoms with E-state index in [0.717, 1.165) is 33.1 Å². The molecular weight excluding hydrogens is 597 g/mol. The molecule has 2 unspecified atom stereocenters. The number of ketones is 1. The van der Waals surface area contributed by atoms with Crippen LogP contribution in [-0.2, 0) is 22.5 Å². The van der Waals surface area contributed by atoms with Crippen molar-refractivity contribution in [2.24, 2.45) is 5.41 Å². The Labute approximate surface area is 262 Å². The summed E-state index contributed by atoms with van der Waals surface area (Å²) in [6.45, 7) is 6.67. The number of nitrogens with one attached hydrogen (secondary N) is 2. The first-order valence-electron chi connectivity index (χ1n) is 14.7. The van der Waals surface area contributed by atoms with E-state index in [-0.39, 0.29) is 35.8 Å². The molecule has 1 amide bonds. The molecule has 2 atom stereocenters. The van der Waals surface area contributed by atoms with Crippen molar-refractivity contribution in [3.05, 3.63) is 81.0 Å². The number of nitrogens with zero attached hydrogens (tertiary/aromatic N) is 2. The van der Waals surface area contributed by atoms with Gasteiger partial charge in [-0.15, -0.1) is 22.7 Å². The third-order valence-corrected chi connectivity index (χ3v) is 11.4. The van der Waals surface area contributed by atoms with Crippen molar-refractivity contribution < 1.29 is 14.3 Å². The molecule has 0 bridgehead atoms. The summed E-state index contributed by atoms with van der Waals surface area (Å²) in [6.07, 6.45) is 1.01. The highest BCUT2D eigenvalue weighted by Gasteiger charge is 2.35. The third-order valence-electron chi connectivity index (χ3n) is 8.23. The smallest absolute Gasteiger partial charge is 0.224 e. The minimum Gasteiger partial charge on any atom is -0.374 e. The summed E-state index contributed by atoms with van der Waals surface area (Å²) < 4.78 is 8.51. The van der Waals surface area contributed by atoms with Crippen LogP contribution < -0.4 is 15.5 Å². The Bertz CT molecular complexity index is 1810. The van der Waals surface area contributed by atoms with Crippen LogP contribution in [0.15, 0.2) is 59.3 Å². The largest absolute Gasteiger partial charge is 0.374 e. The van der Waals surface area contributed by atoms with Gasteiger partial charge >= 0.3 is 0 Å². The second-order valence-corrected chi connectivity index (χ2v) is 15.0. The fourth-order valence-electron chi connectivity index (χ4n) is 6.13. The van der Waals surface area contributed by atoms with E-state index in [1.165, 1.54) is 31.7 Å². The lowest BCUT2D eigenvalue weighted by molar-refractivity contribution is -0.125. The number of rotatable bonds is 8. The van der Waals surface area contributed by atoms with Gasteiger partial charge in [0.05, 0.1) is 29.7 Å². The first-order valence-corrected chi connectivity index (χ1v) is 17.2. The summed E-state index contributed by atoms with van der Waals surface area (Å²) in [6, 6.07) is 16.7. The Balaban J connectivity index is 1.05. The fourth-order valence-corrected chi connectivity index (χ4v) is 9.13. The molecule has 222 valence electrons. The van der Waals surface area contributed by atoms with Crippen LogP contribution in [0.4, 0.5) is 5.13 Å². The van der Waals surface area contributed by atoms with Gasteiger partial charge < -0.3 is 15.0 Å². The standard InChI is InChI=1S/C33H34N4O3S3/c1-33(2)14-25-30(26(38)15-33)43-32(35-25)37-11-12-40-21(17-37)13-29(39)36-31(24-19-42-28-10-6-4-8-23(24)28)34-16-20-18-41-27-9-5-3-7-22(20)27/h3-10,18-19,21,31,34H,11-17H2,1-2H3,(H,36,39). The fraction of sp³-hybridized carbons (Fsp3) is 0.364. The molecule has 5 aromatic rings. The SMILES string of the molecule is CC1(C)CC(=O)c2sc(N3CCOC(CC(=O)NC(NCc4csc5ccccc45)c4csc5ccccc45)C3)nc2C1. The first kappa shape index (κ1) is 28.6. The number of fused-ring (bicyclic) bond motifs is 3. The van der Waals surface area contributed by atoms with Crippen LogP contribution in [0.5, 0.6) is 0 Å². The van der Waals surface area contributed by atoms with Gasteiger partial charge in [0.2, 0.25) is 5.91 Å². The minimum absolute atomic E-state index is 0.0596. The van der Waals surface area contributed by atoms with Crippen molar-refractivity contribution in [1.29, 1.82) is 0 Å². The van der Waals surface area contributed by atoms with E-state index in [4.69, 9.17) is 9.72 Å². The molecule has 4 heterocycles. The number of thiophene rings is 2. The van der Waals surface area contributed by atoms with Gasteiger partial charge in [-0.3, -0.25) is 14.9 Å². The molecule has 2 aliphatic rings. The zero-order valence-corrected chi connectivity index (χ0v) is 26.7. The number of benzene rings is 2. The van der Waals surface area contributed by atoms with Crippen LogP contribution in [-0.4, -0.2) is 42.5 Å². The Kier molecular flexibility index (Phi) is 7.81. The second-order valence-electron chi connectivity index (χ2n) is 12.2. The third kappa shape index (κ3) is 5.99. The maximum Gasteiger partial charge on any atom is 0.224 e. The molecule has 0 spiro atoms. The zero-order valence-electron chi connectivity index (χ0n) is 24.2. The number of hydrogen-bond donors (Lipinski definition) is 2. The van der Waals surface area contributed by atoms with E-state index < -0.39 is 0 Å². The highest BCUT2D eigenvalue weighted by molar-refractivity contribution is 7.18. The lowest BCUT2D eigenvalue weighted by Crippen LogP contribution is -2.46.